The van der Waals surface area contributed by atoms with Crippen LogP contribution in [-0.2, 0) is 13.2 Å². The first-order valence-corrected chi connectivity index (χ1v) is 7.36. The molecule has 3 nitrogen and oxygen atoms in total. The highest BCUT2D eigenvalue weighted by Crippen LogP contribution is 2.32. The molecule has 0 aliphatic rings. The zero-order valence-corrected chi connectivity index (χ0v) is 14.3. The first-order chi connectivity index (χ1) is 10.3. The zero-order valence-electron chi connectivity index (χ0n) is 12.8. The van der Waals surface area contributed by atoms with Crippen LogP contribution in [0, 0.1) is 0 Å². The zero-order chi connectivity index (χ0) is 15.1. The molecule has 0 aliphatic carbocycles. The van der Waals surface area contributed by atoms with Gasteiger partial charge in [0.2, 0.25) is 0 Å². The molecular weight excluding hydrogens is 321 g/mol. The number of methoxy groups -OCH3 is 1. The second-order valence-electron chi connectivity index (χ2n) is 4.61. The Morgan fingerprint density at radius 3 is 2.45 bits per heavy atom. The Kier molecular flexibility index (Phi) is 8.10. The maximum Gasteiger partial charge on any atom is 0.166 e. The fraction of sp³-hybridized carbons (Fsp3) is 0.294. The number of nitrogens with one attached hydrogen (secondary N) is 1. The summed E-state index contributed by atoms with van der Waals surface area (Å²) in [6, 6.07) is 13.6. The fourth-order valence-electron chi connectivity index (χ4n) is 2.05. The average molecular weight is 342 g/mol. The molecule has 0 atom stereocenters. The summed E-state index contributed by atoms with van der Waals surface area (Å²) in [5.41, 5.74) is 2.03. The lowest BCUT2D eigenvalue weighted by Gasteiger charge is -2.15. The Labute approximate surface area is 143 Å². The van der Waals surface area contributed by atoms with Gasteiger partial charge in [-0.3, -0.25) is 0 Å². The molecular formula is C17H21Cl2NO2. The van der Waals surface area contributed by atoms with Crippen molar-refractivity contribution in [3.05, 3.63) is 58.6 Å². The maximum absolute atomic E-state index is 6.16. The summed E-state index contributed by atoms with van der Waals surface area (Å²) < 4.78 is 11.4. The number of benzene rings is 2. The average Bonchev–Trinajstić information content (AvgIpc) is 2.52. The number of hydrogen-bond donors (Lipinski definition) is 1. The van der Waals surface area contributed by atoms with Gasteiger partial charge >= 0.3 is 0 Å². The van der Waals surface area contributed by atoms with Gasteiger partial charge in [-0.1, -0.05) is 48.9 Å². The number of ether oxygens (including phenoxy) is 2. The standard InChI is InChI=1S/C17H20ClNO2.ClH/c1-3-19-11-13-8-6-10-16(20-2)17(13)21-12-14-7-4-5-9-15(14)18;/h4-10,19H,3,11-12H2,1-2H3;1H. The highest BCUT2D eigenvalue weighted by atomic mass is 35.5. The Hall–Kier alpha value is -1.42. The molecule has 0 saturated carbocycles. The van der Waals surface area contributed by atoms with Crippen LogP contribution >= 0.6 is 24.0 Å². The van der Waals surface area contributed by atoms with Crippen molar-refractivity contribution in [3.63, 3.8) is 0 Å². The van der Waals surface area contributed by atoms with Crippen LogP contribution in [0.25, 0.3) is 0 Å². The van der Waals surface area contributed by atoms with Crippen molar-refractivity contribution >= 4 is 24.0 Å². The summed E-state index contributed by atoms with van der Waals surface area (Å²) in [6.07, 6.45) is 0. The molecule has 1 N–H and O–H groups in total. The largest absolute Gasteiger partial charge is 0.493 e. The third-order valence-electron chi connectivity index (χ3n) is 3.18. The molecule has 2 aromatic rings. The minimum Gasteiger partial charge on any atom is -0.493 e. The molecule has 0 aromatic heterocycles. The molecule has 0 unspecified atom stereocenters. The van der Waals surface area contributed by atoms with E-state index in [0.717, 1.165) is 35.7 Å². The van der Waals surface area contributed by atoms with Crippen LogP contribution < -0.4 is 14.8 Å². The van der Waals surface area contributed by atoms with Gasteiger partial charge < -0.3 is 14.8 Å². The summed E-state index contributed by atoms with van der Waals surface area (Å²) in [7, 11) is 1.65. The second kappa shape index (κ2) is 9.57. The topological polar surface area (TPSA) is 30.5 Å². The summed E-state index contributed by atoms with van der Waals surface area (Å²) in [4.78, 5) is 0. The van der Waals surface area contributed by atoms with Crippen LogP contribution in [0.1, 0.15) is 18.1 Å². The molecule has 22 heavy (non-hydrogen) atoms. The monoisotopic (exact) mass is 341 g/mol. The van der Waals surface area contributed by atoms with Gasteiger partial charge in [0, 0.05) is 22.7 Å². The Balaban J connectivity index is 0.00000242. The molecule has 0 saturated heterocycles. The van der Waals surface area contributed by atoms with Crippen LogP contribution in [-0.4, -0.2) is 13.7 Å². The molecule has 5 heteroatoms. The predicted molar refractivity (Wildman–Crippen MR) is 93.4 cm³/mol. The van der Waals surface area contributed by atoms with Gasteiger partial charge in [0.15, 0.2) is 11.5 Å². The second-order valence-corrected chi connectivity index (χ2v) is 5.02. The van der Waals surface area contributed by atoms with Gasteiger partial charge in [-0.15, -0.1) is 12.4 Å². The van der Waals surface area contributed by atoms with Crippen molar-refractivity contribution in [2.75, 3.05) is 13.7 Å². The third-order valence-corrected chi connectivity index (χ3v) is 3.54. The van der Waals surface area contributed by atoms with E-state index in [0.29, 0.717) is 11.6 Å². The molecule has 0 radical (unpaired) electrons. The van der Waals surface area contributed by atoms with E-state index < -0.39 is 0 Å². The molecule has 0 fully saturated rings. The molecule has 120 valence electrons. The molecule has 0 bridgehead atoms. The summed E-state index contributed by atoms with van der Waals surface area (Å²) >= 11 is 6.16. The lowest BCUT2D eigenvalue weighted by atomic mass is 10.1. The predicted octanol–water partition coefficient (Wildman–Crippen LogP) is 4.46. The smallest absolute Gasteiger partial charge is 0.166 e. The number of rotatable bonds is 7. The maximum atomic E-state index is 6.16. The van der Waals surface area contributed by atoms with Crippen molar-refractivity contribution in [2.45, 2.75) is 20.1 Å². The van der Waals surface area contributed by atoms with E-state index in [1.807, 2.05) is 42.5 Å². The Bertz CT molecular complexity index is 591. The van der Waals surface area contributed by atoms with Crippen molar-refractivity contribution in [1.82, 2.24) is 5.32 Å². The molecule has 2 aromatic carbocycles. The van der Waals surface area contributed by atoms with E-state index in [-0.39, 0.29) is 12.4 Å². The molecule has 0 aliphatic heterocycles. The molecule has 0 heterocycles. The van der Waals surface area contributed by atoms with Gasteiger partial charge in [-0.25, -0.2) is 0 Å². The minimum atomic E-state index is 0. The van der Waals surface area contributed by atoms with Crippen molar-refractivity contribution in [2.24, 2.45) is 0 Å². The normalized spacial score (nSPS) is 9.95. The van der Waals surface area contributed by atoms with E-state index >= 15 is 0 Å². The van der Waals surface area contributed by atoms with E-state index in [1.165, 1.54) is 0 Å². The van der Waals surface area contributed by atoms with Crippen molar-refractivity contribution in [3.8, 4) is 11.5 Å². The lowest BCUT2D eigenvalue weighted by molar-refractivity contribution is 0.281. The number of para-hydroxylation sites is 1. The van der Waals surface area contributed by atoms with E-state index in [4.69, 9.17) is 21.1 Å². The van der Waals surface area contributed by atoms with Gasteiger partial charge in [0.05, 0.1) is 7.11 Å². The Morgan fingerprint density at radius 2 is 1.77 bits per heavy atom. The number of halogens is 2. The van der Waals surface area contributed by atoms with Crippen molar-refractivity contribution in [1.29, 1.82) is 0 Å². The summed E-state index contributed by atoms with van der Waals surface area (Å²) in [5, 5.41) is 4.01. The first kappa shape index (κ1) is 18.6. The molecule has 0 amide bonds. The lowest BCUT2D eigenvalue weighted by Crippen LogP contribution is -2.13. The van der Waals surface area contributed by atoms with Crippen LogP contribution in [0.5, 0.6) is 11.5 Å². The minimum absolute atomic E-state index is 0. The van der Waals surface area contributed by atoms with Gasteiger partial charge in [0.1, 0.15) is 6.61 Å². The summed E-state index contributed by atoms with van der Waals surface area (Å²) in [6.45, 7) is 4.14. The van der Waals surface area contributed by atoms with Crippen LogP contribution in [0.2, 0.25) is 5.02 Å². The van der Waals surface area contributed by atoms with E-state index in [9.17, 15) is 0 Å². The third kappa shape index (κ3) is 4.80. The first-order valence-electron chi connectivity index (χ1n) is 6.99. The van der Waals surface area contributed by atoms with E-state index in [2.05, 4.69) is 12.2 Å². The highest BCUT2D eigenvalue weighted by Gasteiger charge is 2.11. The van der Waals surface area contributed by atoms with Crippen molar-refractivity contribution < 1.29 is 9.47 Å². The Morgan fingerprint density at radius 1 is 1.05 bits per heavy atom. The fourth-order valence-corrected chi connectivity index (χ4v) is 2.24. The van der Waals surface area contributed by atoms with Gasteiger partial charge in [0.25, 0.3) is 0 Å². The quantitative estimate of drug-likeness (QED) is 0.806. The number of hydrogen-bond acceptors (Lipinski definition) is 3. The van der Waals surface area contributed by atoms with Crippen LogP contribution in [0.15, 0.2) is 42.5 Å². The SMILES string of the molecule is CCNCc1cccc(OC)c1OCc1ccccc1Cl.Cl. The summed E-state index contributed by atoms with van der Waals surface area (Å²) in [5.74, 6) is 1.50. The van der Waals surface area contributed by atoms with Crippen LogP contribution in [0.3, 0.4) is 0 Å². The molecule has 0 spiro atoms. The highest BCUT2D eigenvalue weighted by molar-refractivity contribution is 6.31. The van der Waals surface area contributed by atoms with Crippen LogP contribution in [0.4, 0.5) is 0 Å². The van der Waals surface area contributed by atoms with Gasteiger partial charge in [-0.2, -0.15) is 0 Å². The van der Waals surface area contributed by atoms with Gasteiger partial charge in [-0.05, 0) is 18.7 Å². The van der Waals surface area contributed by atoms with E-state index in [1.54, 1.807) is 7.11 Å². The molecule has 2 rings (SSSR count).